The van der Waals surface area contributed by atoms with Gasteiger partial charge in [-0.25, -0.2) is 0 Å². The first-order valence-electron chi connectivity index (χ1n) is 4.90. The van der Waals surface area contributed by atoms with Crippen LogP contribution in [-0.4, -0.2) is 24.7 Å². The summed E-state index contributed by atoms with van der Waals surface area (Å²) < 4.78 is 40.5. The highest BCUT2D eigenvalue weighted by atomic mass is 19.4. The van der Waals surface area contributed by atoms with E-state index in [4.69, 9.17) is 4.74 Å². The average Bonchev–Trinajstić information content (AvgIpc) is 2.14. The number of rotatable bonds is 6. The van der Waals surface area contributed by atoms with Crippen molar-refractivity contribution in [2.45, 2.75) is 51.3 Å². The molecule has 0 saturated heterocycles. The highest BCUT2D eigenvalue weighted by molar-refractivity contribution is 5.86. The summed E-state index contributed by atoms with van der Waals surface area (Å²) in [6.45, 7) is 3.37. The van der Waals surface area contributed by atoms with Gasteiger partial charge in [0.05, 0.1) is 0 Å². The molecular weight excluding hydrogens is 209 g/mol. The van der Waals surface area contributed by atoms with E-state index in [9.17, 15) is 18.0 Å². The predicted molar refractivity (Wildman–Crippen MR) is 50.6 cm³/mol. The lowest BCUT2D eigenvalue weighted by molar-refractivity contribution is -0.144. The number of methoxy groups -OCH3 is 1. The highest BCUT2D eigenvalue weighted by Crippen LogP contribution is 2.24. The number of carbonyl (C=O) groups is 1. The van der Waals surface area contributed by atoms with Crippen LogP contribution in [-0.2, 0) is 9.53 Å². The van der Waals surface area contributed by atoms with Crippen LogP contribution in [0.1, 0.15) is 39.5 Å². The molecule has 0 aromatic heterocycles. The maximum atomic E-state index is 11.8. The molecule has 0 bridgehead atoms. The van der Waals surface area contributed by atoms with Crippen LogP contribution in [0.4, 0.5) is 13.2 Å². The minimum Gasteiger partial charge on any atom is -0.371 e. The summed E-state index contributed by atoms with van der Waals surface area (Å²) in [5, 5.41) is 0. The molecule has 0 spiro atoms. The number of ketones is 1. The van der Waals surface area contributed by atoms with E-state index in [1.807, 2.05) is 0 Å². The van der Waals surface area contributed by atoms with Gasteiger partial charge in [-0.05, 0) is 19.8 Å². The number of hydrogen-bond acceptors (Lipinski definition) is 2. The molecule has 0 aliphatic heterocycles. The third kappa shape index (κ3) is 5.16. The van der Waals surface area contributed by atoms with Crippen LogP contribution in [0.5, 0.6) is 0 Å². The Kier molecular flexibility index (Phi) is 5.28. The lowest BCUT2D eigenvalue weighted by atomic mass is 9.93. The molecule has 5 heteroatoms. The quantitative estimate of drug-likeness (QED) is 0.695. The van der Waals surface area contributed by atoms with Crippen molar-refractivity contribution in [3.63, 3.8) is 0 Å². The van der Waals surface area contributed by atoms with Crippen LogP contribution in [0.25, 0.3) is 0 Å². The number of Topliss-reactive ketones (excluding diaryl/α,β-unsaturated/α-hetero) is 1. The van der Waals surface area contributed by atoms with Crippen LogP contribution >= 0.6 is 0 Å². The average molecular weight is 226 g/mol. The Bertz CT molecular complexity index is 207. The largest absolute Gasteiger partial charge is 0.389 e. The Morgan fingerprint density at radius 1 is 1.33 bits per heavy atom. The monoisotopic (exact) mass is 226 g/mol. The van der Waals surface area contributed by atoms with Crippen molar-refractivity contribution in [1.29, 1.82) is 0 Å². The lowest BCUT2D eigenvalue weighted by Crippen LogP contribution is -2.36. The van der Waals surface area contributed by atoms with E-state index >= 15 is 0 Å². The third-order valence-corrected chi connectivity index (χ3v) is 2.58. The molecule has 0 aromatic carbocycles. The number of ether oxygens (including phenoxy) is 1. The van der Waals surface area contributed by atoms with Gasteiger partial charge in [-0.15, -0.1) is 0 Å². The van der Waals surface area contributed by atoms with Crippen LogP contribution < -0.4 is 0 Å². The van der Waals surface area contributed by atoms with E-state index in [-0.39, 0.29) is 18.6 Å². The second kappa shape index (κ2) is 5.49. The molecule has 0 N–H and O–H groups in total. The molecular formula is C10H17F3O2. The van der Waals surface area contributed by atoms with E-state index in [0.717, 1.165) is 0 Å². The van der Waals surface area contributed by atoms with Crippen LogP contribution in [0.2, 0.25) is 0 Å². The van der Waals surface area contributed by atoms with E-state index < -0.39 is 18.2 Å². The molecule has 0 fully saturated rings. The summed E-state index contributed by atoms with van der Waals surface area (Å²) in [5.41, 5.74) is -0.939. The number of hydrogen-bond donors (Lipinski definition) is 0. The molecule has 90 valence electrons. The van der Waals surface area contributed by atoms with Gasteiger partial charge in [0, 0.05) is 20.0 Å². The Hall–Kier alpha value is -0.580. The van der Waals surface area contributed by atoms with Crippen molar-refractivity contribution in [2.24, 2.45) is 0 Å². The van der Waals surface area contributed by atoms with Crippen LogP contribution in [0.3, 0.4) is 0 Å². The fraction of sp³-hybridized carbons (Fsp3) is 0.900. The predicted octanol–water partition coefficient (Wildman–Crippen LogP) is 3.10. The fourth-order valence-corrected chi connectivity index (χ4v) is 1.17. The van der Waals surface area contributed by atoms with Gasteiger partial charge >= 0.3 is 6.18 Å². The van der Waals surface area contributed by atoms with E-state index in [1.54, 1.807) is 13.8 Å². The SMILES string of the molecule is CCC(C)(OC)C(=O)CCCC(F)(F)F. The van der Waals surface area contributed by atoms with Crippen molar-refractivity contribution in [2.75, 3.05) is 7.11 Å². The smallest absolute Gasteiger partial charge is 0.371 e. The summed E-state index contributed by atoms with van der Waals surface area (Å²) >= 11 is 0. The minimum absolute atomic E-state index is 0.0856. The number of halogens is 3. The summed E-state index contributed by atoms with van der Waals surface area (Å²) in [5.74, 6) is -0.267. The number of alkyl halides is 3. The van der Waals surface area contributed by atoms with E-state index in [0.29, 0.717) is 6.42 Å². The molecule has 15 heavy (non-hydrogen) atoms. The summed E-state index contributed by atoms with van der Waals surface area (Å²) in [6.07, 6.45) is -4.88. The summed E-state index contributed by atoms with van der Waals surface area (Å²) in [4.78, 5) is 11.5. The van der Waals surface area contributed by atoms with Crippen molar-refractivity contribution in [3.8, 4) is 0 Å². The first kappa shape index (κ1) is 14.4. The molecule has 0 radical (unpaired) electrons. The van der Waals surface area contributed by atoms with Gasteiger partial charge in [0.1, 0.15) is 5.60 Å². The molecule has 0 heterocycles. The van der Waals surface area contributed by atoms with Gasteiger partial charge in [0.25, 0.3) is 0 Å². The molecule has 1 atom stereocenters. The first-order chi connectivity index (χ1) is 6.75. The normalized spacial score (nSPS) is 16.1. The van der Waals surface area contributed by atoms with Crippen molar-refractivity contribution in [3.05, 3.63) is 0 Å². The summed E-state index contributed by atoms with van der Waals surface area (Å²) in [6, 6.07) is 0. The van der Waals surface area contributed by atoms with Crippen LogP contribution in [0, 0.1) is 0 Å². The lowest BCUT2D eigenvalue weighted by Gasteiger charge is -2.24. The first-order valence-corrected chi connectivity index (χ1v) is 4.90. The maximum Gasteiger partial charge on any atom is 0.389 e. The van der Waals surface area contributed by atoms with Gasteiger partial charge in [-0.1, -0.05) is 6.92 Å². The zero-order valence-corrected chi connectivity index (χ0v) is 9.28. The van der Waals surface area contributed by atoms with Crippen molar-refractivity contribution >= 4 is 5.78 Å². The Morgan fingerprint density at radius 2 is 1.87 bits per heavy atom. The van der Waals surface area contributed by atoms with Gasteiger partial charge in [0.2, 0.25) is 0 Å². The number of carbonyl (C=O) groups excluding carboxylic acids is 1. The van der Waals surface area contributed by atoms with Gasteiger partial charge in [-0.3, -0.25) is 4.79 Å². The second-order valence-electron chi connectivity index (χ2n) is 3.68. The molecule has 0 aliphatic carbocycles. The van der Waals surface area contributed by atoms with E-state index in [1.165, 1.54) is 7.11 Å². The fourth-order valence-electron chi connectivity index (χ4n) is 1.17. The molecule has 0 aromatic rings. The Balaban J connectivity index is 4.04. The van der Waals surface area contributed by atoms with Crippen molar-refractivity contribution < 1.29 is 22.7 Å². The van der Waals surface area contributed by atoms with Gasteiger partial charge < -0.3 is 4.74 Å². The zero-order valence-electron chi connectivity index (χ0n) is 9.28. The standard InChI is InChI=1S/C10H17F3O2/c1-4-9(2,15-3)8(14)6-5-7-10(11,12)13/h4-7H2,1-3H3. The topological polar surface area (TPSA) is 26.3 Å². The maximum absolute atomic E-state index is 11.8. The zero-order chi connectivity index (χ0) is 12.1. The molecule has 2 nitrogen and oxygen atoms in total. The Morgan fingerprint density at radius 3 is 2.20 bits per heavy atom. The molecule has 0 saturated carbocycles. The van der Waals surface area contributed by atoms with Crippen LogP contribution in [0.15, 0.2) is 0 Å². The van der Waals surface area contributed by atoms with Gasteiger partial charge in [0.15, 0.2) is 5.78 Å². The minimum atomic E-state index is -4.18. The molecule has 0 amide bonds. The third-order valence-electron chi connectivity index (χ3n) is 2.58. The summed E-state index contributed by atoms with van der Waals surface area (Å²) in [7, 11) is 1.39. The highest BCUT2D eigenvalue weighted by Gasteiger charge is 2.32. The molecule has 1 unspecified atom stereocenters. The van der Waals surface area contributed by atoms with E-state index in [2.05, 4.69) is 0 Å². The van der Waals surface area contributed by atoms with Gasteiger partial charge in [-0.2, -0.15) is 13.2 Å². The van der Waals surface area contributed by atoms with Crippen molar-refractivity contribution in [1.82, 2.24) is 0 Å². The molecule has 0 rings (SSSR count). The Labute approximate surface area is 87.8 Å². The molecule has 0 aliphatic rings. The second-order valence-corrected chi connectivity index (χ2v) is 3.68.